The summed E-state index contributed by atoms with van der Waals surface area (Å²) >= 11 is 0. The molecular weight excluding hydrogens is 831 g/mol. The second-order valence-corrected chi connectivity index (χ2v) is 19.1. The molecule has 1 N–H and O–H groups in total. The highest BCUT2D eigenvalue weighted by Crippen LogP contribution is 2.52. The van der Waals surface area contributed by atoms with Crippen LogP contribution in [0.2, 0.25) is 0 Å². The first-order chi connectivity index (χ1) is 30.5. The van der Waals surface area contributed by atoms with Crippen LogP contribution in [0.4, 0.5) is 32.3 Å². The van der Waals surface area contributed by atoms with Crippen molar-refractivity contribution in [3.05, 3.63) is 106 Å². The molecule has 1 saturated carbocycles. The van der Waals surface area contributed by atoms with Crippen LogP contribution in [0.1, 0.15) is 191 Å². The molecule has 2 aromatic carbocycles. The van der Waals surface area contributed by atoms with Crippen LogP contribution < -0.4 is 4.90 Å². The lowest BCUT2D eigenvalue weighted by Crippen LogP contribution is -2.36. The van der Waals surface area contributed by atoms with E-state index >= 15 is 4.39 Å². The Hall–Kier alpha value is -4.52. The van der Waals surface area contributed by atoms with E-state index in [-0.39, 0.29) is 54.1 Å². The van der Waals surface area contributed by atoms with Gasteiger partial charge in [-0.2, -0.15) is 13.2 Å². The predicted octanol–water partition coefficient (Wildman–Crippen LogP) is 13.6. The average Bonchev–Trinajstić information content (AvgIpc) is 3.27. The van der Waals surface area contributed by atoms with Gasteiger partial charge in [0, 0.05) is 66.6 Å². The molecule has 64 heavy (non-hydrogen) atoms. The monoisotopic (exact) mass is 892 g/mol. The van der Waals surface area contributed by atoms with Gasteiger partial charge >= 0.3 is 12.1 Å². The largest absolute Gasteiger partial charge is 0.462 e. The Morgan fingerprint density at radius 3 is 2.14 bits per heavy atom. The van der Waals surface area contributed by atoms with Crippen molar-refractivity contribution >= 4 is 11.9 Å². The van der Waals surface area contributed by atoms with E-state index in [4.69, 9.17) is 9.72 Å². The molecule has 2 fully saturated rings. The van der Waals surface area contributed by atoms with Crippen LogP contribution in [0.15, 0.2) is 60.9 Å². The molecule has 0 radical (unpaired) electrons. The number of fused-ring (bicyclic) bond motifs is 1. The van der Waals surface area contributed by atoms with E-state index in [0.717, 1.165) is 54.7 Å². The van der Waals surface area contributed by atoms with Gasteiger partial charge in [-0.25, -0.2) is 27.9 Å². The second kappa shape index (κ2) is 20.3. The molecule has 2 atom stereocenters. The summed E-state index contributed by atoms with van der Waals surface area (Å²) in [6.07, 6.45) is 6.54. The molecule has 2 aliphatic carbocycles. The van der Waals surface area contributed by atoms with Gasteiger partial charge in [-0.1, -0.05) is 90.0 Å². The van der Waals surface area contributed by atoms with E-state index in [9.17, 15) is 31.9 Å². The number of halogens is 6. The topological polar surface area (TPSA) is 88.4 Å². The Labute approximate surface area is 373 Å². The van der Waals surface area contributed by atoms with Crippen LogP contribution in [-0.2, 0) is 17.3 Å². The number of benzene rings is 2. The number of hydrogen-bond donors (Lipinski definition) is 1. The molecule has 0 spiro atoms. The normalized spacial score (nSPS) is 19.6. The van der Waals surface area contributed by atoms with E-state index in [2.05, 4.69) is 16.9 Å². The first kappa shape index (κ1) is 47.4. The number of esters is 1. The molecule has 7 rings (SSSR count). The van der Waals surface area contributed by atoms with Gasteiger partial charge in [0.1, 0.15) is 0 Å². The summed E-state index contributed by atoms with van der Waals surface area (Å²) in [5.41, 5.74) is 3.06. The van der Waals surface area contributed by atoms with Crippen molar-refractivity contribution in [2.24, 2.45) is 5.41 Å². The van der Waals surface area contributed by atoms with Gasteiger partial charge in [-0.3, -0.25) is 4.98 Å². The molecular formula is C51H62F6N4O3. The molecule has 0 amide bonds. The molecule has 3 heterocycles. The van der Waals surface area contributed by atoms with E-state index in [1.807, 2.05) is 24.8 Å². The summed E-state index contributed by atoms with van der Waals surface area (Å²) in [6.45, 7) is 7.65. The predicted molar refractivity (Wildman–Crippen MR) is 236 cm³/mol. The number of nitrogens with zero attached hydrogens (tertiary/aromatic N) is 4. The van der Waals surface area contributed by atoms with Gasteiger partial charge < -0.3 is 14.7 Å². The van der Waals surface area contributed by atoms with E-state index in [1.165, 1.54) is 32.1 Å². The quantitative estimate of drug-likeness (QED) is 0.0681. The number of ether oxygens (including phenoxy) is 1. The third-order valence-corrected chi connectivity index (χ3v) is 13.5. The number of carbonyl (C=O) groups excluding carboxylic acids is 1. The van der Waals surface area contributed by atoms with Gasteiger partial charge in [0.25, 0.3) is 0 Å². The zero-order valence-electron chi connectivity index (χ0n) is 37.3. The molecule has 1 aliphatic heterocycles. The molecule has 0 unspecified atom stereocenters. The molecule has 0 bridgehead atoms. The molecule has 2 aromatic heterocycles. The molecule has 346 valence electrons. The Morgan fingerprint density at radius 1 is 0.859 bits per heavy atom. The maximum absolute atomic E-state index is 17.4. The fourth-order valence-electron chi connectivity index (χ4n) is 10.0. The van der Waals surface area contributed by atoms with Crippen LogP contribution in [-0.4, -0.2) is 51.6 Å². The highest BCUT2D eigenvalue weighted by atomic mass is 19.4. The maximum atomic E-state index is 17.4. The third kappa shape index (κ3) is 11.5. The fraction of sp³-hybridized carbons (Fsp3) is 0.569. The van der Waals surface area contributed by atoms with Crippen LogP contribution in [0.25, 0.3) is 11.1 Å². The molecule has 7 nitrogen and oxygen atoms in total. The number of aliphatic hydroxyl groups excluding tert-OH is 1. The Morgan fingerprint density at radius 2 is 1.50 bits per heavy atom. The lowest BCUT2D eigenvalue weighted by Gasteiger charge is -2.41. The molecule has 13 heteroatoms. The van der Waals surface area contributed by atoms with Crippen LogP contribution in [0.3, 0.4) is 0 Å². The van der Waals surface area contributed by atoms with Crippen molar-refractivity contribution in [2.75, 3.05) is 24.6 Å². The summed E-state index contributed by atoms with van der Waals surface area (Å²) in [7, 11) is 0. The Kier molecular flexibility index (Phi) is 15.1. The van der Waals surface area contributed by atoms with Gasteiger partial charge in [0.2, 0.25) is 11.9 Å². The van der Waals surface area contributed by atoms with Crippen LogP contribution in [0, 0.1) is 5.41 Å². The zero-order valence-corrected chi connectivity index (χ0v) is 37.3. The number of pyridine rings is 1. The number of hydrogen-bond acceptors (Lipinski definition) is 7. The van der Waals surface area contributed by atoms with Crippen molar-refractivity contribution in [3.63, 3.8) is 0 Å². The van der Waals surface area contributed by atoms with E-state index < -0.39 is 35.9 Å². The molecule has 1 saturated heterocycles. The number of alkyl halides is 6. The minimum atomic E-state index is -4.61. The average molecular weight is 893 g/mol. The van der Waals surface area contributed by atoms with Crippen molar-refractivity contribution < 1.29 is 41.0 Å². The van der Waals surface area contributed by atoms with E-state index in [0.29, 0.717) is 79.4 Å². The summed E-state index contributed by atoms with van der Waals surface area (Å²) in [6, 6.07) is 11.2. The summed E-state index contributed by atoms with van der Waals surface area (Å²) in [4.78, 5) is 29.4. The van der Waals surface area contributed by atoms with E-state index in [1.54, 1.807) is 30.6 Å². The summed E-state index contributed by atoms with van der Waals surface area (Å²) in [5, 5.41) is 11.7. The zero-order chi connectivity index (χ0) is 45.6. The summed E-state index contributed by atoms with van der Waals surface area (Å²) in [5.74, 6) is -3.47. The second-order valence-electron chi connectivity index (χ2n) is 19.1. The first-order valence-electron chi connectivity index (χ1n) is 23.3. The lowest BCUT2D eigenvalue weighted by atomic mass is 9.68. The van der Waals surface area contributed by atoms with Crippen LogP contribution >= 0.6 is 0 Å². The van der Waals surface area contributed by atoms with Crippen molar-refractivity contribution in [3.8, 4) is 11.1 Å². The first-order valence-corrected chi connectivity index (χ1v) is 23.3. The number of aromatic nitrogens is 3. The number of anilines is 1. The minimum Gasteiger partial charge on any atom is -0.462 e. The summed E-state index contributed by atoms with van der Waals surface area (Å²) < 4.78 is 93.0. The highest BCUT2D eigenvalue weighted by Gasteiger charge is 2.44. The standard InChI is InChI=1S/C51H62F6N4O3/c1-4-5-6-7-8-9-10-11-27-64-47(63)37-14-12-13-36(28-37)38-31-58-48(59-32-38)61-25-21-35(22-26-61)46-44(45(52)34-15-17-39(18-16-34)51(55,56)57)42(33-19-23-50(53,54)24-20-33)43-40(60-46)29-49(2,3)30-41(43)62/h12-18,28,31-33,35,41,45,62H,4-11,19-27,29-30H2,1-3H3/t41-,45-/m0/s1. The number of unbranched alkanes of at least 4 members (excludes halogenated alkanes) is 7. The van der Waals surface area contributed by atoms with Gasteiger partial charge in [-0.05, 0) is 97.2 Å². The number of rotatable bonds is 16. The van der Waals surface area contributed by atoms with Gasteiger partial charge in [-0.15, -0.1) is 0 Å². The lowest BCUT2D eigenvalue weighted by molar-refractivity contribution is -0.137. The van der Waals surface area contributed by atoms with Crippen molar-refractivity contribution in [1.82, 2.24) is 15.0 Å². The fourth-order valence-corrected chi connectivity index (χ4v) is 10.0. The Balaban J connectivity index is 1.09. The van der Waals surface area contributed by atoms with Crippen molar-refractivity contribution in [2.45, 2.75) is 160 Å². The number of aliphatic hydroxyl groups is 1. The maximum Gasteiger partial charge on any atom is 0.416 e. The van der Waals surface area contributed by atoms with Gasteiger partial charge in [0.05, 0.1) is 29.5 Å². The smallest absolute Gasteiger partial charge is 0.416 e. The number of carbonyl (C=O) groups is 1. The third-order valence-electron chi connectivity index (χ3n) is 13.5. The van der Waals surface area contributed by atoms with Crippen LogP contribution in [0.5, 0.6) is 0 Å². The van der Waals surface area contributed by atoms with Crippen molar-refractivity contribution in [1.29, 1.82) is 0 Å². The molecule has 4 aromatic rings. The highest BCUT2D eigenvalue weighted by molar-refractivity contribution is 5.91. The van der Waals surface area contributed by atoms with Gasteiger partial charge in [0.15, 0.2) is 6.17 Å². The Bertz CT molecular complexity index is 2180. The number of piperidine rings is 1. The minimum absolute atomic E-state index is 0.0103. The SMILES string of the molecule is CCCCCCCCCCOC(=O)c1cccc(-c2cnc(N3CCC(c4nc5c(c(C6CCC(F)(F)CC6)c4[C@@H](F)c4ccc(C(F)(F)F)cc4)[C@@H](O)CC(C)(C)C5)CC3)nc2)c1. The molecule has 3 aliphatic rings.